The molecule has 0 bridgehead atoms. The number of amidine groups is 1. The van der Waals surface area contributed by atoms with Crippen LogP contribution in [0, 0.1) is 0 Å². The molecule has 0 aliphatic carbocycles. The maximum absolute atomic E-state index is 8.74. The van der Waals surface area contributed by atoms with Crippen molar-refractivity contribution in [1.82, 2.24) is 4.90 Å². The van der Waals surface area contributed by atoms with Gasteiger partial charge in [0.1, 0.15) is 5.84 Å². The summed E-state index contributed by atoms with van der Waals surface area (Å²) in [4.78, 5) is 8.82. The first kappa shape index (κ1) is 21.1. The van der Waals surface area contributed by atoms with Crippen molar-refractivity contribution < 1.29 is 17.5 Å². The molecule has 1 fully saturated rings. The third kappa shape index (κ3) is 6.22. The number of fused-ring (bicyclic) bond motifs is 1. The molecular formula is C19H21ClN2O4S2. The Kier molecular flexibility index (Phi) is 7.00. The number of benzene rings is 2. The quantitative estimate of drug-likeness (QED) is 0.687. The highest BCUT2D eigenvalue weighted by atomic mass is 35.5. The van der Waals surface area contributed by atoms with Gasteiger partial charge in [0.15, 0.2) is 0 Å². The summed E-state index contributed by atoms with van der Waals surface area (Å²) in [6.07, 6.45) is 2.44. The topological polar surface area (TPSA) is 90.2 Å². The second-order valence-corrected chi connectivity index (χ2v) is 9.12. The molecule has 1 saturated heterocycles. The Hall–Kier alpha value is -1.58. The van der Waals surface area contributed by atoms with E-state index < -0.39 is 10.4 Å². The number of halogens is 1. The van der Waals surface area contributed by atoms with Crippen molar-refractivity contribution in [3.63, 3.8) is 0 Å². The van der Waals surface area contributed by atoms with Gasteiger partial charge in [-0.15, -0.1) is 11.8 Å². The van der Waals surface area contributed by atoms with E-state index in [4.69, 9.17) is 34.1 Å². The summed E-state index contributed by atoms with van der Waals surface area (Å²) in [6, 6.07) is 19.1. The van der Waals surface area contributed by atoms with Gasteiger partial charge in [-0.3, -0.25) is 14.1 Å². The molecule has 2 aromatic rings. The lowest BCUT2D eigenvalue weighted by atomic mass is 10.1. The molecule has 2 heterocycles. The molecule has 2 atom stereocenters. The van der Waals surface area contributed by atoms with Gasteiger partial charge in [-0.2, -0.15) is 8.42 Å². The minimum absolute atomic E-state index is 0.289. The van der Waals surface area contributed by atoms with Gasteiger partial charge < -0.3 is 4.90 Å². The molecule has 9 heteroatoms. The zero-order valence-corrected chi connectivity index (χ0v) is 17.4. The molecule has 2 aliphatic heterocycles. The van der Waals surface area contributed by atoms with Gasteiger partial charge in [-0.1, -0.05) is 41.9 Å². The monoisotopic (exact) mass is 440 g/mol. The Morgan fingerprint density at radius 3 is 2.36 bits per heavy atom. The van der Waals surface area contributed by atoms with Crippen molar-refractivity contribution in [2.24, 2.45) is 4.99 Å². The summed E-state index contributed by atoms with van der Waals surface area (Å²) >= 11 is 7.91. The third-order valence-electron chi connectivity index (χ3n) is 4.46. The molecular weight excluding hydrogens is 420 g/mol. The summed E-state index contributed by atoms with van der Waals surface area (Å²) in [5, 5.41) is 1.25. The van der Waals surface area contributed by atoms with E-state index in [1.54, 1.807) is 0 Å². The second kappa shape index (κ2) is 9.28. The van der Waals surface area contributed by atoms with Crippen LogP contribution in [0.5, 0.6) is 0 Å². The summed E-state index contributed by atoms with van der Waals surface area (Å²) in [7, 11) is -4.67. The molecule has 28 heavy (non-hydrogen) atoms. The Labute approximate surface area is 174 Å². The van der Waals surface area contributed by atoms with Crippen LogP contribution < -0.4 is 0 Å². The van der Waals surface area contributed by atoms with Crippen LogP contribution in [0.3, 0.4) is 0 Å². The molecule has 0 spiro atoms. The Morgan fingerprint density at radius 2 is 1.71 bits per heavy atom. The molecule has 2 unspecified atom stereocenters. The first-order chi connectivity index (χ1) is 13.3. The highest BCUT2D eigenvalue weighted by molar-refractivity contribution is 8.00. The highest BCUT2D eigenvalue weighted by Crippen LogP contribution is 2.36. The van der Waals surface area contributed by atoms with Gasteiger partial charge in [-0.05, 0) is 42.7 Å². The molecule has 150 valence electrons. The van der Waals surface area contributed by atoms with Gasteiger partial charge in [0.05, 0.1) is 11.3 Å². The molecule has 0 amide bonds. The molecule has 0 aromatic heterocycles. The minimum atomic E-state index is -4.67. The van der Waals surface area contributed by atoms with Crippen molar-refractivity contribution in [3.8, 4) is 0 Å². The number of hydrogen-bond donors (Lipinski definition) is 2. The number of rotatable bonds is 3. The lowest BCUT2D eigenvalue weighted by Gasteiger charge is -2.31. The van der Waals surface area contributed by atoms with E-state index in [9.17, 15) is 0 Å². The molecule has 0 saturated carbocycles. The van der Waals surface area contributed by atoms with Crippen molar-refractivity contribution in [2.75, 3.05) is 13.1 Å². The van der Waals surface area contributed by atoms with Gasteiger partial charge in [0.25, 0.3) is 0 Å². The van der Waals surface area contributed by atoms with Crippen molar-refractivity contribution in [2.45, 2.75) is 29.0 Å². The third-order valence-corrected chi connectivity index (χ3v) is 5.99. The smallest absolute Gasteiger partial charge is 0.357 e. The minimum Gasteiger partial charge on any atom is -0.357 e. The average molecular weight is 441 g/mol. The molecule has 2 aliphatic rings. The summed E-state index contributed by atoms with van der Waals surface area (Å²) in [6.45, 7) is 2.16. The largest absolute Gasteiger partial charge is 0.394 e. The Balaban J connectivity index is 0.000000403. The van der Waals surface area contributed by atoms with E-state index in [0.717, 1.165) is 18.1 Å². The maximum atomic E-state index is 8.74. The SMILES string of the molecule is Clc1ccc(SC2CCCN3CC(c4ccccc4)N=C23)cc1.O=S(=O)(O)O. The highest BCUT2D eigenvalue weighted by Gasteiger charge is 2.34. The van der Waals surface area contributed by atoms with Crippen LogP contribution in [-0.2, 0) is 10.4 Å². The van der Waals surface area contributed by atoms with Crippen LogP contribution in [0.1, 0.15) is 24.4 Å². The van der Waals surface area contributed by atoms with E-state index >= 15 is 0 Å². The maximum Gasteiger partial charge on any atom is 0.394 e. The van der Waals surface area contributed by atoms with Gasteiger partial charge in [0, 0.05) is 23.0 Å². The zero-order chi connectivity index (χ0) is 20.1. The zero-order valence-electron chi connectivity index (χ0n) is 15.0. The van der Waals surface area contributed by atoms with Crippen LogP contribution in [0.4, 0.5) is 0 Å². The van der Waals surface area contributed by atoms with Crippen molar-refractivity contribution in [1.29, 1.82) is 0 Å². The number of hydrogen-bond acceptors (Lipinski definition) is 5. The van der Waals surface area contributed by atoms with Crippen molar-refractivity contribution in [3.05, 3.63) is 65.2 Å². The Morgan fingerprint density at radius 1 is 1.07 bits per heavy atom. The molecule has 4 rings (SSSR count). The van der Waals surface area contributed by atoms with E-state index in [2.05, 4.69) is 47.4 Å². The fourth-order valence-corrected chi connectivity index (χ4v) is 4.67. The lowest BCUT2D eigenvalue weighted by Crippen LogP contribution is -2.40. The van der Waals surface area contributed by atoms with Gasteiger partial charge in [-0.25, -0.2) is 0 Å². The standard InChI is InChI=1S/C19H19ClN2S.H2O4S/c20-15-8-10-16(11-9-15)23-18-7-4-12-22-13-17(21-19(18)22)14-5-2-1-3-6-14;1-5(2,3)4/h1-3,5-6,8-11,17-18H,4,7,12-13H2;(H2,1,2,3,4). The fourth-order valence-electron chi connectivity index (χ4n) is 3.32. The van der Waals surface area contributed by atoms with Gasteiger partial charge >= 0.3 is 10.4 Å². The van der Waals surface area contributed by atoms with Crippen LogP contribution >= 0.6 is 23.4 Å². The molecule has 2 aromatic carbocycles. The predicted octanol–water partition coefficient (Wildman–Crippen LogP) is 4.40. The van der Waals surface area contributed by atoms with Crippen LogP contribution in [0.15, 0.2) is 64.5 Å². The first-order valence-corrected chi connectivity index (χ1v) is 11.4. The Bertz CT molecular complexity index is 913. The number of thioether (sulfide) groups is 1. The first-order valence-electron chi connectivity index (χ1n) is 8.79. The molecule has 0 radical (unpaired) electrons. The van der Waals surface area contributed by atoms with E-state index in [-0.39, 0.29) is 6.04 Å². The second-order valence-electron chi connectivity index (χ2n) is 6.51. The predicted molar refractivity (Wildman–Crippen MR) is 113 cm³/mol. The summed E-state index contributed by atoms with van der Waals surface area (Å²) in [5.41, 5.74) is 1.32. The van der Waals surface area contributed by atoms with E-state index in [1.807, 2.05) is 23.9 Å². The summed E-state index contributed by atoms with van der Waals surface area (Å²) in [5.74, 6) is 1.28. The van der Waals surface area contributed by atoms with E-state index in [0.29, 0.717) is 5.25 Å². The van der Waals surface area contributed by atoms with Crippen LogP contribution in [0.2, 0.25) is 5.02 Å². The van der Waals surface area contributed by atoms with Gasteiger partial charge in [0.2, 0.25) is 0 Å². The normalized spacial score (nSPS) is 21.4. The molecule has 2 N–H and O–H groups in total. The van der Waals surface area contributed by atoms with Crippen LogP contribution in [-0.4, -0.2) is 46.6 Å². The fraction of sp³-hybridized carbons (Fsp3) is 0.316. The number of aliphatic imine (C=N–C) groups is 1. The lowest BCUT2D eigenvalue weighted by molar-refractivity contribution is 0.381. The van der Waals surface area contributed by atoms with Crippen LogP contribution in [0.25, 0.3) is 0 Å². The number of nitrogens with zero attached hydrogens (tertiary/aromatic N) is 2. The summed E-state index contributed by atoms with van der Waals surface area (Å²) < 4.78 is 31.6. The van der Waals surface area contributed by atoms with Crippen molar-refractivity contribution >= 4 is 39.6 Å². The average Bonchev–Trinajstić information content (AvgIpc) is 3.08. The molecule has 6 nitrogen and oxygen atoms in total. The van der Waals surface area contributed by atoms with E-state index in [1.165, 1.54) is 29.1 Å². The number of piperidine rings is 1.